The molecule has 1 aliphatic heterocycles. The van der Waals surface area contributed by atoms with Crippen LogP contribution in [-0.4, -0.2) is 34.3 Å². The minimum atomic E-state index is 0.466. The molecule has 1 aromatic heterocycles. The number of halogens is 1. The van der Waals surface area contributed by atoms with E-state index in [0.29, 0.717) is 6.04 Å². The predicted octanol–water partition coefficient (Wildman–Crippen LogP) is 2.19. The van der Waals surface area contributed by atoms with Gasteiger partial charge in [-0.3, -0.25) is 0 Å². The minimum absolute atomic E-state index is 0.466. The summed E-state index contributed by atoms with van der Waals surface area (Å²) in [5.74, 6) is 0.771. The Morgan fingerprint density at radius 2 is 2.06 bits per heavy atom. The largest absolute Gasteiger partial charge is 0.383 e. The summed E-state index contributed by atoms with van der Waals surface area (Å²) in [5, 5.41) is 4.51. The van der Waals surface area contributed by atoms with E-state index in [-0.39, 0.29) is 0 Å². The topological polar surface area (TPSA) is 47.1 Å². The SMILES string of the molecule is CCN1CCC(n2nc(C)c(Br)c2N)CC1. The number of aryl methyl sites for hydroxylation is 1. The van der Waals surface area contributed by atoms with E-state index in [0.717, 1.165) is 48.5 Å². The molecule has 4 nitrogen and oxygen atoms in total. The summed E-state index contributed by atoms with van der Waals surface area (Å²) in [6.45, 7) is 7.64. The maximum atomic E-state index is 6.04. The summed E-state index contributed by atoms with van der Waals surface area (Å²) in [6, 6.07) is 0.466. The first-order valence-electron chi connectivity index (χ1n) is 5.86. The lowest BCUT2D eigenvalue weighted by molar-refractivity contribution is 0.188. The maximum Gasteiger partial charge on any atom is 0.136 e. The first-order chi connectivity index (χ1) is 7.63. The third-order valence-electron chi connectivity index (χ3n) is 3.40. The van der Waals surface area contributed by atoms with E-state index >= 15 is 0 Å². The van der Waals surface area contributed by atoms with Crippen LogP contribution in [0.25, 0.3) is 0 Å². The predicted molar refractivity (Wildman–Crippen MR) is 69.5 cm³/mol. The number of hydrogen-bond donors (Lipinski definition) is 1. The van der Waals surface area contributed by atoms with Gasteiger partial charge in [-0.2, -0.15) is 5.10 Å². The van der Waals surface area contributed by atoms with Gasteiger partial charge in [0.05, 0.1) is 16.2 Å². The highest BCUT2D eigenvalue weighted by Gasteiger charge is 2.23. The molecule has 0 bridgehead atoms. The molecule has 2 heterocycles. The Labute approximate surface area is 105 Å². The Balaban J connectivity index is 2.11. The van der Waals surface area contributed by atoms with Crippen molar-refractivity contribution in [2.24, 2.45) is 0 Å². The second-order valence-electron chi connectivity index (χ2n) is 4.39. The van der Waals surface area contributed by atoms with Crippen LogP contribution in [0.1, 0.15) is 31.5 Å². The summed E-state index contributed by atoms with van der Waals surface area (Å²) in [7, 11) is 0. The van der Waals surface area contributed by atoms with Crippen LogP contribution in [-0.2, 0) is 0 Å². The summed E-state index contributed by atoms with van der Waals surface area (Å²) >= 11 is 3.47. The Hall–Kier alpha value is -0.550. The van der Waals surface area contributed by atoms with E-state index < -0.39 is 0 Å². The van der Waals surface area contributed by atoms with Crippen molar-refractivity contribution < 1.29 is 0 Å². The van der Waals surface area contributed by atoms with Gasteiger partial charge in [-0.05, 0) is 42.2 Å². The molecule has 2 rings (SSSR count). The minimum Gasteiger partial charge on any atom is -0.383 e. The molecule has 0 radical (unpaired) electrons. The van der Waals surface area contributed by atoms with Gasteiger partial charge in [0.1, 0.15) is 5.82 Å². The van der Waals surface area contributed by atoms with Crippen molar-refractivity contribution in [2.45, 2.75) is 32.7 Å². The number of rotatable bonds is 2. The fourth-order valence-electron chi connectivity index (χ4n) is 2.30. The lowest BCUT2D eigenvalue weighted by Gasteiger charge is -2.31. The molecule has 2 N–H and O–H groups in total. The first-order valence-corrected chi connectivity index (χ1v) is 6.65. The monoisotopic (exact) mass is 286 g/mol. The van der Waals surface area contributed by atoms with E-state index in [9.17, 15) is 0 Å². The molecular weight excluding hydrogens is 268 g/mol. The van der Waals surface area contributed by atoms with Gasteiger partial charge in [-0.1, -0.05) is 6.92 Å². The van der Waals surface area contributed by atoms with Crippen LogP contribution >= 0.6 is 15.9 Å². The number of hydrogen-bond acceptors (Lipinski definition) is 3. The summed E-state index contributed by atoms with van der Waals surface area (Å²) in [6.07, 6.45) is 2.29. The number of nitrogen functional groups attached to an aromatic ring is 1. The molecule has 0 aromatic carbocycles. The summed E-state index contributed by atoms with van der Waals surface area (Å²) in [5.41, 5.74) is 7.02. The number of anilines is 1. The van der Waals surface area contributed by atoms with Crippen LogP contribution in [0, 0.1) is 6.92 Å². The van der Waals surface area contributed by atoms with E-state index in [1.54, 1.807) is 0 Å². The van der Waals surface area contributed by atoms with Crippen molar-refractivity contribution in [3.8, 4) is 0 Å². The third-order valence-corrected chi connectivity index (χ3v) is 4.38. The smallest absolute Gasteiger partial charge is 0.136 e. The second kappa shape index (κ2) is 4.75. The van der Waals surface area contributed by atoms with E-state index in [1.807, 2.05) is 11.6 Å². The van der Waals surface area contributed by atoms with Crippen molar-refractivity contribution >= 4 is 21.7 Å². The molecule has 0 unspecified atom stereocenters. The van der Waals surface area contributed by atoms with Gasteiger partial charge >= 0.3 is 0 Å². The molecule has 1 aliphatic rings. The maximum absolute atomic E-state index is 6.04. The number of nitrogens with two attached hydrogens (primary N) is 1. The Kier molecular flexibility index (Phi) is 3.54. The van der Waals surface area contributed by atoms with E-state index in [4.69, 9.17) is 5.73 Å². The average molecular weight is 287 g/mol. The average Bonchev–Trinajstić information content (AvgIpc) is 2.57. The number of nitrogens with zero attached hydrogens (tertiary/aromatic N) is 3. The molecule has 16 heavy (non-hydrogen) atoms. The van der Waals surface area contributed by atoms with Gasteiger partial charge in [-0.25, -0.2) is 4.68 Å². The summed E-state index contributed by atoms with van der Waals surface area (Å²) in [4.78, 5) is 2.47. The number of aromatic nitrogens is 2. The standard InChI is InChI=1S/C11H19BrN4/c1-3-15-6-4-9(5-7-15)16-11(13)10(12)8(2)14-16/h9H,3-7,13H2,1-2H3. The van der Waals surface area contributed by atoms with Crippen LogP contribution in [0.5, 0.6) is 0 Å². The van der Waals surface area contributed by atoms with Crippen LogP contribution in [0.4, 0.5) is 5.82 Å². The molecule has 90 valence electrons. The second-order valence-corrected chi connectivity index (χ2v) is 5.19. The van der Waals surface area contributed by atoms with Crippen molar-refractivity contribution in [3.63, 3.8) is 0 Å². The molecule has 0 atom stereocenters. The number of likely N-dealkylation sites (tertiary alicyclic amines) is 1. The van der Waals surface area contributed by atoms with Crippen molar-refractivity contribution in [1.29, 1.82) is 0 Å². The summed E-state index contributed by atoms with van der Waals surface area (Å²) < 4.78 is 2.94. The van der Waals surface area contributed by atoms with E-state index in [1.165, 1.54) is 0 Å². The van der Waals surface area contributed by atoms with Crippen molar-refractivity contribution in [1.82, 2.24) is 14.7 Å². The zero-order chi connectivity index (χ0) is 11.7. The lowest BCUT2D eigenvalue weighted by atomic mass is 10.1. The quantitative estimate of drug-likeness (QED) is 0.907. The molecule has 0 aliphatic carbocycles. The van der Waals surface area contributed by atoms with Crippen molar-refractivity contribution in [3.05, 3.63) is 10.2 Å². The van der Waals surface area contributed by atoms with Gasteiger partial charge in [0.15, 0.2) is 0 Å². The highest BCUT2D eigenvalue weighted by Crippen LogP contribution is 2.30. The van der Waals surface area contributed by atoms with Crippen LogP contribution < -0.4 is 5.73 Å². The first kappa shape index (κ1) is 11.9. The Morgan fingerprint density at radius 3 is 2.50 bits per heavy atom. The highest BCUT2D eigenvalue weighted by molar-refractivity contribution is 9.10. The van der Waals surface area contributed by atoms with E-state index in [2.05, 4.69) is 32.9 Å². The van der Waals surface area contributed by atoms with Gasteiger partial charge in [0, 0.05) is 13.1 Å². The molecular formula is C11H19BrN4. The Bertz CT molecular complexity index is 366. The fraction of sp³-hybridized carbons (Fsp3) is 0.727. The zero-order valence-corrected chi connectivity index (χ0v) is 11.5. The highest BCUT2D eigenvalue weighted by atomic mass is 79.9. The zero-order valence-electron chi connectivity index (χ0n) is 9.91. The lowest BCUT2D eigenvalue weighted by Crippen LogP contribution is -2.34. The third kappa shape index (κ3) is 2.11. The molecule has 0 spiro atoms. The van der Waals surface area contributed by atoms with Gasteiger partial charge < -0.3 is 10.6 Å². The van der Waals surface area contributed by atoms with Crippen LogP contribution in [0.3, 0.4) is 0 Å². The Morgan fingerprint density at radius 1 is 1.44 bits per heavy atom. The normalized spacial score (nSPS) is 19.2. The van der Waals surface area contributed by atoms with Crippen LogP contribution in [0.2, 0.25) is 0 Å². The van der Waals surface area contributed by atoms with Crippen LogP contribution in [0.15, 0.2) is 4.47 Å². The van der Waals surface area contributed by atoms with Gasteiger partial charge in [-0.15, -0.1) is 0 Å². The molecule has 1 fully saturated rings. The molecule has 5 heteroatoms. The molecule has 1 aromatic rings. The molecule has 1 saturated heterocycles. The van der Waals surface area contributed by atoms with Gasteiger partial charge in [0.25, 0.3) is 0 Å². The van der Waals surface area contributed by atoms with Gasteiger partial charge in [0.2, 0.25) is 0 Å². The molecule has 0 amide bonds. The molecule has 0 saturated carbocycles. The van der Waals surface area contributed by atoms with Crippen molar-refractivity contribution in [2.75, 3.05) is 25.4 Å². The fourth-order valence-corrected chi connectivity index (χ4v) is 2.56. The number of piperidine rings is 1.